The third kappa shape index (κ3) is 5.38. The monoisotopic (exact) mass is 376 g/mol. The van der Waals surface area contributed by atoms with Crippen molar-refractivity contribution in [1.82, 2.24) is 0 Å². The molecule has 5 heteroatoms. The van der Waals surface area contributed by atoms with Gasteiger partial charge in [-0.3, -0.25) is 4.79 Å². The Bertz CT molecular complexity index is 806. The maximum absolute atomic E-state index is 12.2. The highest BCUT2D eigenvalue weighted by atomic mass is 35.5. The Labute approximate surface area is 157 Å². The second kappa shape index (κ2) is 8.75. The van der Waals surface area contributed by atoms with Crippen LogP contribution in [0.15, 0.2) is 60.6 Å². The van der Waals surface area contributed by atoms with Gasteiger partial charge in [-0.15, -0.1) is 0 Å². The number of carbonyl (C=O) groups is 1. The number of carbonyl (C=O) groups excluding carboxylic acids is 1. The SMILES string of the molecule is CC(C)/C(O)=C/Oc1ccc(C(=O)/C=C/c2cccc(Cl)c2Cl)cc1. The molecule has 0 amide bonds. The largest absolute Gasteiger partial charge is 0.509 e. The molecule has 2 rings (SSSR count). The number of ether oxygens (including phenoxy) is 1. The summed E-state index contributed by atoms with van der Waals surface area (Å²) in [6.07, 6.45) is 4.37. The smallest absolute Gasteiger partial charge is 0.185 e. The van der Waals surface area contributed by atoms with E-state index in [9.17, 15) is 9.90 Å². The zero-order valence-corrected chi connectivity index (χ0v) is 15.4. The molecular formula is C20H18Cl2O3. The van der Waals surface area contributed by atoms with Crippen molar-refractivity contribution < 1.29 is 14.6 Å². The van der Waals surface area contributed by atoms with Gasteiger partial charge >= 0.3 is 0 Å². The maximum atomic E-state index is 12.2. The molecule has 2 aromatic rings. The van der Waals surface area contributed by atoms with Crippen LogP contribution in [0.25, 0.3) is 6.08 Å². The van der Waals surface area contributed by atoms with E-state index in [-0.39, 0.29) is 17.5 Å². The average molecular weight is 377 g/mol. The highest BCUT2D eigenvalue weighted by molar-refractivity contribution is 6.42. The summed E-state index contributed by atoms with van der Waals surface area (Å²) in [7, 11) is 0. The molecule has 1 N–H and O–H groups in total. The lowest BCUT2D eigenvalue weighted by Gasteiger charge is -2.05. The Balaban J connectivity index is 2.06. The first-order valence-electron chi connectivity index (χ1n) is 7.70. The van der Waals surface area contributed by atoms with Gasteiger partial charge in [0.1, 0.15) is 17.8 Å². The predicted molar refractivity (Wildman–Crippen MR) is 102 cm³/mol. The molecule has 0 aliphatic heterocycles. The number of hydrogen-bond acceptors (Lipinski definition) is 3. The third-order valence-corrected chi connectivity index (χ3v) is 4.28. The molecule has 3 nitrogen and oxygen atoms in total. The summed E-state index contributed by atoms with van der Waals surface area (Å²) in [5.74, 6) is 0.513. The molecule has 0 spiro atoms. The fourth-order valence-corrected chi connectivity index (χ4v) is 2.24. The van der Waals surface area contributed by atoms with Gasteiger partial charge in [-0.05, 0) is 48.0 Å². The van der Waals surface area contributed by atoms with Crippen molar-refractivity contribution in [3.05, 3.63) is 81.7 Å². The minimum Gasteiger partial charge on any atom is -0.509 e. The number of benzene rings is 2. The average Bonchev–Trinajstić information content (AvgIpc) is 2.61. The summed E-state index contributed by atoms with van der Waals surface area (Å²) in [6, 6.07) is 11.9. The van der Waals surface area contributed by atoms with E-state index >= 15 is 0 Å². The van der Waals surface area contributed by atoms with E-state index < -0.39 is 0 Å². The van der Waals surface area contributed by atoms with Crippen molar-refractivity contribution >= 4 is 35.1 Å². The van der Waals surface area contributed by atoms with Gasteiger partial charge in [0.15, 0.2) is 5.78 Å². The first-order chi connectivity index (χ1) is 11.9. The topological polar surface area (TPSA) is 46.5 Å². The number of rotatable bonds is 6. The molecule has 0 aliphatic carbocycles. The maximum Gasteiger partial charge on any atom is 0.185 e. The molecule has 0 bridgehead atoms. The van der Waals surface area contributed by atoms with Crippen molar-refractivity contribution in [2.75, 3.05) is 0 Å². The number of ketones is 1. The lowest BCUT2D eigenvalue weighted by atomic mass is 10.1. The summed E-state index contributed by atoms with van der Waals surface area (Å²) < 4.78 is 5.35. The van der Waals surface area contributed by atoms with E-state index in [1.165, 1.54) is 12.3 Å². The molecule has 0 heterocycles. The summed E-state index contributed by atoms with van der Waals surface area (Å²) in [6.45, 7) is 3.71. The fraction of sp³-hybridized carbons (Fsp3) is 0.150. The molecule has 0 saturated heterocycles. The number of allylic oxidation sites excluding steroid dienone is 2. The Kier molecular flexibility index (Phi) is 6.68. The highest BCUT2D eigenvalue weighted by Gasteiger charge is 2.05. The van der Waals surface area contributed by atoms with E-state index in [2.05, 4.69) is 0 Å². The van der Waals surface area contributed by atoms with Crippen LogP contribution in [0.1, 0.15) is 29.8 Å². The highest BCUT2D eigenvalue weighted by Crippen LogP contribution is 2.26. The van der Waals surface area contributed by atoms with Gasteiger partial charge in [0.05, 0.1) is 10.0 Å². The van der Waals surface area contributed by atoms with Crippen molar-refractivity contribution in [2.45, 2.75) is 13.8 Å². The third-order valence-electron chi connectivity index (χ3n) is 3.44. The zero-order chi connectivity index (χ0) is 18.4. The number of hydrogen-bond donors (Lipinski definition) is 1. The lowest BCUT2D eigenvalue weighted by molar-refractivity contribution is 0.104. The lowest BCUT2D eigenvalue weighted by Crippen LogP contribution is -1.96. The van der Waals surface area contributed by atoms with Gasteiger partial charge in [0.25, 0.3) is 0 Å². The van der Waals surface area contributed by atoms with E-state index in [1.807, 2.05) is 13.8 Å². The minimum absolute atomic E-state index is 0.00991. The number of aliphatic hydroxyl groups is 1. The Hall–Kier alpha value is -2.23. The molecule has 0 aliphatic rings. The molecule has 130 valence electrons. The Morgan fingerprint density at radius 1 is 1.12 bits per heavy atom. The second-order valence-electron chi connectivity index (χ2n) is 5.68. The van der Waals surface area contributed by atoms with Gasteiger partial charge in [-0.25, -0.2) is 0 Å². The minimum atomic E-state index is -0.164. The molecular weight excluding hydrogens is 359 g/mol. The normalized spacial score (nSPS) is 12.0. The van der Waals surface area contributed by atoms with E-state index in [0.717, 1.165) is 0 Å². The van der Waals surface area contributed by atoms with Crippen LogP contribution in [0.2, 0.25) is 10.0 Å². The predicted octanol–water partition coefficient (Wildman–Crippen LogP) is 6.32. The summed E-state index contributed by atoms with van der Waals surface area (Å²) in [5, 5.41) is 10.5. The quantitative estimate of drug-likeness (QED) is 0.364. The summed E-state index contributed by atoms with van der Waals surface area (Å²) >= 11 is 12.0. The molecule has 2 aromatic carbocycles. The van der Waals surface area contributed by atoms with Gasteiger partial charge < -0.3 is 9.84 Å². The molecule has 0 atom stereocenters. The van der Waals surface area contributed by atoms with Crippen LogP contribution in [0.5, 0.6) is 5.75 Å². The van der Waals surface area contributed by atoms with Crippen molar-refractivity contribution in [2.24, 2.45) is 5.92 Å². The standard InChI is InChI=1S/C20H18Cl2O3/c1-13(2)19(24)12-25-16-9-6-14(7-10-16)18(23)11-8-15-4-3-5-17(21)20(15)22/h3-13,24H,1-2H3/b11-8+,19-12-. The van der Waals surface area contributed by atoms with E-state index in [0.29, 0.717) is 26.9 Å². The molecule has 0 radical (unpaired) electrons. The zero-order valence-electron chi connectivity index (χ0n) is 13.9. The number of halogens is 2. The van der Waals surface area contributed by atoms with Crippen molar-refractivity contribution in [3.63, 3.8) is 0 Å². The van der Waals surface area contributed by atoms with Crippen LogP contribution in [0.4, 0.5) is 0 Å². The molecule has 0 aromatic heterocycles. The first kappa shape index (κ1) is 19.1. The number of aliphatic hydroxyl groups excluding tert-OH is 1. The van der Waals surface area contributed by atoms with Gasteiger partial charge in [-0.2, -0.15) is 0 Å². The second-order valence-corrected chi connectivity index (χ2v) is 6.47. The van der Waals surface area contributed by atoms with Crippen LogP contribution >= 0.6 is 23.2 Å². The Morgan fingerprint density at radius 3 is 2.44 bits per heavy atom. The Morgan fingerprint density at radius 2 is 1.80 bits per heavy atom. The molecule has 0 fully saturated rings. The van der Waals surface area contributed by atoms with Crippen LogP contribution < -0.4 is 4.74 Å². The first-order valence-corrected chi connectivity index (χ1v) is 8.46. The van der Waals surface area contributed by atoms with Crippen LogP contribution in [-0.4, -0.2) is 10.9 Å². The van der Waals surface area contributed by atoms with Gasteiger partial charge in [0, 0.05) is 11.5 Å². The van der Waals surface area contributed by atoms with E-state index in [4.69, 9.17) is 27.9 Å². The van der Waals surface area contributed by atoms with Gasteiger partial charge in [-0.1, -0.05) is 49.2 Å². The van der Waals surface area contributed by atoms with E-state index in [1.54, 1.807) is 48.5 Å². The van der Waals surface area contributed by atoms with Crippen molar-refractivity contribution in [1.29, 1.82) is 0 Å². The van der Waals surface area contributed by atoms with Crippen LogP contribution in [-0.2, 0) is 0 Å². The van der Waals surface area contributed by atoms with Crippen LogP contribution in [0, 0.1) is 5.92 Å². The van der Waals surface area contributed by atoms with Gasteiger partial charge in [0.2, 0.25) is 0 Å². The van der Waals surface area contributed by atoms with Crippen LogP contribution in [0.3, 0.4) is 0 Å². The summed E-state index contributed by atoms with van der Waals surface area (Å²) in [4.78, 5) is 12.2. The molecule has 0 saturated carbocycles. The fourth-order valence-electron chi connectivity index (χ4n) is 1.87. The molecule has 0 unspecified atom stereocenters. The summed E-state index contributed by atoms with van der Waals surface area (Å²) in [5.41, 5.74) is 1.19. The molecule has 25 heavy (non-hydrogen) atoms. The van der Waals surface area contributed by atoms with Crippen molar-refractivity contribution in [3.8, 4) is 5.75 Å².